The Bertz CT molecular complexity index is 32.0. The summed E-state index contributed by atoms with van der Waals surface area (Å²) in [6.07, 6.45) is 0. The van der Waals surface area contributed by atoms with Crippen LogP contribution in [-0.4, -0.2) is 21.6 Å². The quantitative estimate of drug-likeness (QED) is 0.470. The molecule has 0 saturated heterocycles. The van der Waals surface area contributed by atoms with Crippen LogP contribution in [0, 0.1) is 0 Å². The summed E-state index contributed by atoms with van der Waals surface area (Å²) in [5.74, 6) is 0. The number of hydrogen-bond donors (Lipinski definition) is 0. The minimum atomic E-state index is -2.15. The van der Waals surface area contributed by atoms with Gasteiger partial charge in [-0.25, -0.2) is 0 Å². The molecule has 0 aromatic carbocycles. The van der Waals surface area contributed by atoms with Gasteiger partial charge in [0.2, 0.25) is 0 Å². The molecule has 0 N–H and O–H groups in total. The van der Waals surface area contributed by atoms with E-state index in [0.29, 0.717) is 0 Å². The second kappa shape index (κ2) is 393. The van der Waals surface area contributed by atoms with Gasteiger partial charge in [-0.05, 0) is 0 Å². The number of halogens is 6. The molecule has 0 fully saturated rings. The average Bonchev–Trinajstić information content (AvgIpc) is 0.918. The Labute approximate surface area is 56.5 Å². The molecule has 9 heavy (non-hydrogen) atoms. The van der Waals surface area contributed by atoms with Crippen LogP contribution in [0.25, 0.3) is 0 Å². The molecular weight excluding hydrogens is 268 g/mol. The SMILES string of the molecule is F.F.F.F.F.F.[O]=[Sb]=[O]. The monoisotopic (exact) mass is 273 g/mol. The van der Waals surface area contributed by atoms with Crippen molar-refractivity contribution in [3.8, 4) is 0 Å². The topological polar surface area (TPSA) is 34.1 Å². The zero-order valence-corrected chi connectivity index (χ0v) is 6.27. The fraction of sp³-hybridized carbons (Fsp3) is 0. The van der Waals surface area contributed by atoms with Gasteiger partial charge in [-0.3, -0.25) is 28.2 Å². The van der Waals surface area contributed by atoms with Crippen molar-refractivity contribution in [3.63, 3.8) is 0 Å². The van der Waals surface area contributed by atoms with Crippen LogP contribution in [0.3, 0.4) is 0 Å². The maximum absolute atomic E-state index is 8.52. The third-order valence-electron chi connectivity index (χ3n) is 0. The van der Waals surface area contributed by atoms with Crippen molar-refractivity contribution in [2.24, 2.45) is 0 Å². The second-order valence-electron chi connectivity index (χ2n) is 0.0745. The number of rotatable bonds is 0. The standard InChI is InChI=1S/6FH.2O.Sb/h6*1H;;;. The summed E-state index contributed by atoms with van der Waals surface area (Å²) in [6.45, 7) is 0. The van der Waals surface area contributed by atoms with Crippen molar-refractivity contribution >= 4 is 21.6 Å². The minimum absolute atomic E-state index is 0. The molecule has 65 valence electrons. The van der Waals surface area contributed by atoms with Gasteiger partial charge in [-0.1, -0.05) is 0 Å². The van der Waals surface area contributed by atoms with Crippen LogP contribution in [0.4, 0.5) is 28.2 Å². The zero-order chi connectivity index (χ0) is 2.71. The van der Waals surface area contributed by atoms with E-state index in [1.54, 1.807) is 0 Å². The van der Waals surface area contributed by atoms with Crippen molar-refractivity contribution in [3.05, 3.63) is 0 Å². The molecule has 0 bridgehead atoms. The Morgan fingerprint density at radius 3 is 0.556 bits per heavy atom. The van der Waals surface area contributed by atoms with Crippen molar-refractivity contribution in [1.82, 2.24) is 0 Å². The van der Waals surface area contributed by atoms with E-state index in [9.17, 15) is 0 Å². The average molecular weight is 274 g/mol. The van der Waals surface area contributed by atoms with E-state index in [1.807, 2.05) is 0 Å². The van der Waals surface area contributed by atoms with E-state index >= 15 is 0 Å². The van der Waals surface area contributed by atoms with Gasteiger partial charge in [0.15, 0.2) is 0 Å². The first-order chi connectivity index (χ1) is 1.41. The molecule has 0 aliphatic heterocycles. The molecule has 0 spiro atoms. The van der Waals surface area contributed by atoms with Gasteiger partial charge in [0.05, 0.1) is 0 Å². The van der Waals surface area contributed by atoms with E-state index in [2.05, 4.69) is 0 Å². The molecule has 0 amide bonds. The molecule has 0 atom stereocenters. The van der Waals surface area contributed by atoms with Crippen molar-refractivity contribution in [2.75, 3.05) is 0 Å². The van der Waals surface area contributed by atoms with Gasteiger partial charge < -0.3 is 0 Å². The fourth-order valence-electron chi connectivity index (χ4n) is 0. The van der Waals surface area contributed by atoms with Crippen LogP contribution < -0.4 is 0 Å². The molecule has 9 heteroatoms. The first-order valence-electron chi connectivity index (χ1n) is 0.365. The Kier molecular flexibility index (Phi) is 6300. The maximum atomic E-state index is 8.52. The normalized spacial score (nSPS) is 0.889. The van der Waals surface area contributed by atoms with Gasteiger partial charge >= 0.3 is 27.6 Å². The summed E-state index contributed by atoms with van der Waals surface area (Å²) < 4.78 is 17.0. The summed E-state index contributed by atoms with van der Waals surface area (Å²) in [6, 6.07) is 0. The molecule has 0 aromatic heterocycles. The van der Waals surface area contributed by atoms with Crippen LogP contribution in [-0.2, 0) is 6.03 Å². The van der Waals surface area contributed by atoms with E-state index in [4.69, 9.17) is 6.03 Å². The second-order valence-corrected chi connectivity index (χ2v) is 0.500. The Hall–Kier alpha value is -0.00182. The Morgan fingerprint density at radius 2 is 0.556 bits per heavy atom. The molecule has 0 aliphatic carbocycles. The molecule has 0 rings (SSSR count). The molecule has 0 aliphatic rings. The summed E-state index contributed by atoms with van der Waals surface area (Å²) >= 11 is -2.15. The molecular formula is H6F6O2Sb. The Balaban J connectivity index is -0.00000000133. The fourth-order valence-corrected chi connectivity index (χ4v) is 0. The summed E-state index contributed by atoms with van der Waals surface area (Å²) in [5.41, 5.74) is 0. The molecule has 1 radical (unpaired) electrons. The van der Waals surface area contributed by atoms with Crippen LogP contribution in [0.5, 0.6) is 0 Å². The van der Waals surface area contributed by atoms with Crippen LogP contribution >= 0.6 is 0 Å². The molecule has 0 aromatic rings. The third-order valence-corrected chi connectivity index (χ3v) is 0. The van der Waals surface area contributed by atoms with Gasteiger partial charge in [-0.15, -0.1) is 0 Å². The first kappa shape index (κ1) is 144. The molecule has 2 nitrogen and oxygen atoms in total. The summed E-state index contributed by atoms with van der Waals surface area (Å²) in [5, 5.41) is 0. The van der Waals surface area contributed by atoms with Crippen molar-refractivity contribution < 1.29 is 34.3 Å². The summed E-state index contributed by atoms with van der Waals surface area (Å²) in [4.78, 5) is 0. The third kappa shape index (κ3) is 87000000. The van der Waals surface area contributed by atoms with E-state index < -0.39 is 21.6 Å². The Morgan fingerprint density at radius 1 is 0.556 bits per heavy atom. The van der Waals surface area contributed by atoms with Crippen molar-refractivity contribution in [2.45, 2.75) is 0 Å². The zero-order valence-electron chi connectivity index (χ0n) is 3.71. The molecule has 0 unspecified atom stereocenters. The number of hydrogen-bond acceptors (Lipinski definition) is 2. The van der Waals surface area contributed by atoms with Gasteiger partial charge in [0.25, 0.3) is 0 Å². The van der Waals surface area contributed by atoms with E-state index in [1.165, 1.54) is 0 Å². The predicted molar refractivity (Wildman–Crippen MR) is 22.1 cm³/mol. The molecule has 0 saturated carbocycles. The van der Waals surface area contributed by atoms with Crippen molar-refractivity contribution in [1.29, 1.82) is 0 Å². The molecule has 0 heterocycles. The predicted octanol–water partition coefficient (Wildman–Crippen LogP) is 0.297. The van der Waals surface area contributed by atoms with Crippen LogP contribution in [0.2, 0.25) is 0 Å². The summed E-state index contributed by atoms with van der Waals surface area (Å²) in [7, 11) is 0. The first-order valence-corrected chi connectivity index (χ1v) is 2.45. The van der Waals surface area contributed by atoms with Crippen LogP contribution in [0.1, 0.15) is 0 Å². The van der Waals surface area contributed by atoms with Crippen LogP contribution in [0.15, 0.2) is 0 Å². The van der Waals surface area contributed by atoms with E-state index in [0.717, 1.165) is 0 Å². The van der Waals surface area contributed by atoms with Gasteiger partial charge in [-0.2, -0.15) is 0 Å². The van der Waals surface area contributed by atoms with Gasteiger partial charge in [0.1, 0.15) is 0 Å². The van der Waals surface area contributed by atoms with E-state index in [-0.39, 0.29) is 28.2 Å². The van der Waals surface area contributed by atoms with Gasteiger partial charge in [0, 0.05) is 0 Å².